The van der Waals surface area contributed by atoms with Crippen LogP contribution in [0.2, 0.25) is 0 Å². The minimum atomic E-state index is -0.417. The van der Waals surface area contributed by atoms with Crippen LogP contribution >= 0.6 is 22.7 Å². The Balaban J connectivity index is 1.45. The number of carbonyl (C=O) groups is 2. The Morgan fingerprint density at radius 2 is 2.00 bits per heavy atom. The number of benzene rings is 1. The molecule has 8 heteroatoms. The Kier molecular flexibility index (Phi) is 5.64. The van der Waals surface area contributed by atoms with Crippen molar-refractivity contribution in [2.75, 3.05) is 12.4 Å². The minimum Gasteiger partial charge on any atom is -0.489 e. The number of carbonyl (C=O) groups excluding carboxylic acids is 2. The molecular weight excluding hydrogens is 413 g/mol. The highest BCUT2D eigenvalue weighted by Crippen LogP contribution is 2.39. The lowest BCUT2D eigenvalue weighted by Gasteiger charge is -2.06. The topological polar surface area (TPSA) is 64.6 Å². The maximum Gasteiger partial charge on any atom is 0.341 e. The van der Waals surface area contributed by atoms with Crippen LogP contribution in [0.1, 0.15) is 42.5 Å². The van der Waals surface area contributed by atoms with E-state index < -0.39 is 5.97 Å². The van der Waals surface area contributed by atoms with Gasteiger partial charge in [-0.3, -0.25) is 4.79 Å². The summed E-state index contributed by atoms with van der Waals surface area (Å²) in [6.45, 7) is 0.274. The van der Waals surface area contributed by atoms with Crippen LogP contribution in [0.3, 0.4) is 0 Å². The molecule has 29 heavy (non-hydrogen) atoms. The van der Waals surface area contributed by atoms with E-state index in [1.807, 2.05) is 5.38 Å². The van der Waals surface area contributed by atoms with Gasteiger partial charge in [0.2, 0.25) is 0 Å². The highest BCUT2D eigenvalue weighted by atomic mass is 32.1. The summed E-state index contributed by atoms with van der Waals surface area (Å²) in [6, 6.07) is 7.53. The van der Waals surface area contributed by atoms with Crippen molar-refractivity contribution < 1.29 is 23.5 Å². The van der Waals surface area contributed by atoms with E-state index in [4.69, 9.17) is 9.47 Å². The summed E-state index contributed by atoms with van der Waals surface area (Å²) in [5.74, 6) is -0.454. The van der Waals surface area contributed by atoms with E-state index in [9.17, 15) is 14.0 Å². The Labute approximate surface area is 175 Å². The van der Waals surface area contributed by atoms with Crippen molar-refractivity contribution in [1.29, 1.82) is 0 Å². The van der Waals surface area contributed by atoms with E-state index in [2.05, 4.69) is 5.32 Å². The number of anilines is 1. The molecule has 0 aliphatic heterocycles. The third kappa shape index (κ3) is 4.18. The summed E-state index contributed by atoms with van der Waals surface area (Å²) in [4.78, 5) is 26.6. The molecule has 5 nitrogen and oxygen atoms in total. The van der Waals surface area contributed by atoms with Gasteiger partial charge in [-0.05, 0) is 60.5 Å². The molecule has 0 unspecified atom stereocenters. The molecule has 1 aliphatic carbocycles. The molecule has 0 bridgehead atoms. The Morgan fingerprint density at radius 3 is 2.76 bits per heavy atom. The maximum absolute atomic E-state index is 12.9. The van der Waals surface area contributed by atoms with Gasteiger partial charge in [0.1, 0.15) is 23.2 Å². The normalized spacial score (nSPS) is 12.5. The van der Waals surface area contributed by atoms with E-state index in [1.54, 1.807) is 18.2 Å². The van der Waals surface area contributed by atoms with Gasteiger partial charge in [0.05, 0.1) is 17.6 Å². The van der Waals surface area contributed by atoms with Gasteiger partial charge in [-0.25, -0.2) is 9.18 Å². The fourth-order valence-corrected chi connectivity index (χ4v) is 5.31. The van der Waals surface area contributed by atoms with Crippen molar-refractivity contribution >= 4 is 39.6 Å². The molecule has 0 saturated carbocycles. The second kappa shape index (κ2) is 8.34. The summed E-state index contributed by atoms with van der Waals surface area (Å²) < 4.78 is 23.5. The summed E-state index contributed by atoms with van der Waals surface area (Å²) in [6.07, 6.45) is 2.77. The van der Waals surface area contributed by atoms with Crippen LogP contribution in [-0.4, -0.2) is 19.0 Å². The van der Waals surface area contributed by atoms with Crippen LogP contribution in [0.25, 0.3) is 0 Å². The molecule has 0 atom stereocenters. The zero-order valence-electron chi connectivity index (χ0n) is 15.6. The summed E-state index contributed by atoms with van der Waals surface area (Å²) >= 11 is 2.75. The summed E-state index contributed by atoms with van der Waals surface area (Å²) in [7, 11) is 1.35. The van der Waals surface area contributed by atoms with Crippen LogP contribution in [0.5, 0.6) is 5.75 Å². The number of amides is 1. The van der Waals surface area contributed by atoms with Gasteiger partial charge in [0, 0.05) is 10.4 Å². The smallest absolute Gasteiger partial charge is 0.341 e. The second-order valence-electron chi connectivity index (χ2n) is 6.57. The van der Waals surface area contributed by atoms with Gasteiger partial charge in [0.15, 0.2) is 0 Å². The number of esters is 1. The Hall–Kier alpha value is -2.71. The highest BCUT2D eigenvalue weighted by molar-refractivity contribution is 7.17. The number of halogens is 1. The average Bonchev–Trinajstić information content (AvgIpc) is 3.43. The van der Waals surface area contributed by atoms with Crippen LogP contribution in [-0.2, 0) is 24.2 Å². The molecule has 0 fully saturated rings. The fraction of sp³-hybridized carbons (Fsp3) is 0.238. The average molecular weight is 432 g/mol. The van der Waals surface area contributed by atoms with Crippen molar-refractivity contribution in [3.05, 3.63) is 68.0 Å². The molecule has 4 rings (SSSR count). The van der Waals surface area contributed by atoms with Crippen LogP contribution in [0.4, 0.5) is 9.39 Å². The van der Waals surface area contributed by atoms with Gasteiger partial charge in [-0.15, -0.1) is 22.7 Å². The van der Waals surface area contributed by atoms with Gasteiger partial charge >= 0.3 is 5.97 Å². The third-order valence-electron chi connectivity index (χ3n) is 4.63. The lowest BCUT2D eigenvalue weighted by atomic mass is 10.1. The first-order valence-corrected chi connectivity index (χ1v) is 10.7. The Morgan fingerprint density at radius 1 is 1.21 bits per heavy atom. The third-order valence-corrected chi connectivity index (χ3v) is 6.82. The standard InChI is InChI=1S/C21H18FNO4S2/c1-26-21(25)18-15-3-2-4-16(15)29-20(18)23-19(24)17-9-12(11-28-17)10-27-14-7-5-13(22)6-8-14/h5-9,11H,2-4,10H2,1H3,(H,23,24). The van der Waals surface area contributed by atoms with Gasteiger partial charge in [-0.2, -0.15) is 0 Å². The lowest BCUT2D eigenvalue weighted by molar-refractivity contribution is 0.0601. The van der Waals surface area contributed by atoms with Crippen molar-refractivity contribution in [2.45, 2.75) is 25.9 Å². The van der Waals surface area contributed by atoms with E-state index in [-0.39, 0.29) is 18.3 Å². The molecule has 150 valence electrons. The predicted molar refractivity (Wildman–Crippen MR) is 111 cm³/mol. The number of rotatable bonds is 6. The van der Waals surface area contributed by atoms with Crippen molar-refractivity contribution in [2.24, 2.45) is 0 Å². The van der Waals surface area contributed by atoms with E-state index in [0.717, 1.165) is 35.3 Å². The van der Waals surface area contributed by atoms with E-state index in [0.29, 0.717) is 21.2 Å². The first-order valence-electron chi connectivity index (χ1n) is 9.05. The molecule has 0 radical (unpaired) electrons. The molecule has 2 heterocycles. The number of fused-ring (bicyclic) bond motifs is 1. The number of hydrogen-bond donors (Lipinski definition) is 1. The van der Waals surface area contributed by atoms with Crippen molar-refractivity contribution in [3.8, 4) is 5.75 Å². The van der Waals surface area contributed by atoms with E-state index >= 15 is 0 Å². The zero-order chi connectivity index (χ0) is 20.4. The molecule has 3 aromatic rings. The first-order chi connectivity index (χ1) is 14.0. The quantitative estimate of drug-likeness (QED) is 0.555. The van der Waals surface area contributed by atoms with Crippen molar-refractivity contribution in [1.82, 2.24) is 0 Å². The molecule has 1 aromatic carbocycles. The molecule has 0 spiro atoms. The maximum atomic E-state index is 12.9. The van der Waals surface area contributed by atoms with Crippen LogP contribution in [0, 0.1) is 5.82 Å². The zero-order valence-corrected chi connectivity index (χ0v) is 17.3. The Bertz CT molecular complexity index is 1060. The van der Waals surface area contributed by atoms with Gasteiger partial charge < -0.3 is 14.8 Å². The number of methoxy groups -OCH3 is 1. The van der Waals surface area contributed by atoms with E-state index in [1.165, 1.54) is 41.9 Å². The largest absolute Gasteiger partial charge is 0.489 e. The highest BCUT2D eigenvalue weighted by Gasteiger charge is 2.28. The molecular formula is C21H18FNO4S2. The second-order valence-corrected chi connectivity index (χ2v) is 8.59. The van der Waals surface area contributed by atoms with Crippen LogP contribution in [0.15, 0.2) is 35.7 Å². The fourth-order valence-electron chi connectivity index (χ4n) is 3.24. The molecule has 1 amide bonds. The number of aryl methyl sites for hydroxylation is 1. The number of nitrogens with one attached hydrogen (secondary N) is 1. The van der Waals surface area contributed by atoms with Gasteiger partial charge in [0.25, 0.3) is 5.91 Å². The SMILES string of the molecule is COC(=O)c1c(NC(=O)c2cc(COc3ccc(F)cc3)cs2)sc2c1CCC2. The number of hydrogen-bond acceptors (Lipinski definition) is 6. The first kappa shape index (κ1) is 19.6. The number of thiophene rings is 2. The van der Waals surface area contributed by atoms with Crippen LogP contribution < -0.4 is 10.1 Å². The van der Waals surface area contributed by atoms with Gasteiger partial charge in [-0.1, -0.05) is 0 Å². The molecule has 2 aromatic heterocycles. The minimum absolute atomic E-state index is 0.270. The summed E-state index contributed by atoms with van der Waals surface area (Å²) in [5, 5.41) is 5.26. The summed E-state index contributed by atoms with van der Waals surface area (Å²) in [5.41, 5.74) is 2.32. The number of ether oxygens (including phenoxy) is 2. The molecule has 1 aliphatic rings. The monoisotopic (exact) mass is 431 g/mol. The molecule has 0 saturated heterocycles. The van der Waals surface area contributed by atoms with Crippen molar-refractivity contribution in [3.63, 3.8) is 0 Å². The predicted octanol–water partition coefficient (Wildman–Crippen LogP) is 5.06. The molecule has 1 N–H and O–H groups in total. The lowest BCUT2D eigenvalue weighted by Crippen LogP contribution is -2.13.